The van der Waals surface area contributed by atoms with Crippen molar-refractivity contribution in [2.24, 2.45) is 5.10 Å². The number of phenolic OH excluding ortho intramolecular Hbond substituents is 1. The molecule has 0 atom stereocenters. The van der Waals surface area contributed by atoms with Gasteiger partial charge in [0.15, 0.2) is 0 Å². The number of nitrogens with one attached hydrogen (secondary N) is 1. The minimum absolute atomic E-state index is 0.0548. The van der Waals surface area contributed by atoms with Gasteiger partial charge in [-0.1, -0.05) is 30.3 Å². The van der Waals surface area contributed by atoms with Crippen LogP contribution in [0.4, 0.5) is 5.69 Å². The van der Waals surface area contributed by atoms with E-state index in [1.807, 2.05) is 30.3 Å². The fraction of sp³-hybridized carbons (Fsp3) is 0.0714. The maximum Gasteiger partial charge on any atom is 0.270 e. The largest absolute Gasteiger partial charge is 0.507 e. The van der Waals surface area contributed by atoms with Crippen molar-refractivity contribution in [1.82, 2.24) is 5.43 Å². The standard InChI is InChI=1S/C14H13N3O3/c18-14-7-6-13(17(19)20)8-12(14)10-16-15-9-11-4-2-1-3-5-11/h1-8,10,15,18H,9H2. The molecule has 2 N–H and O–H groups in total. The second kappa shape index (κ2) is 6.33. The lowest BCUT2D eigenvalue weighted by molar-refractivity contribution is -0.384. The van der Waals surface area contributed by atoms with Crippen LogP contribution in [0.25, 0.3) is 0 Å². The van der Waals surface area contributed by atoms with Crippen molar-refractivity contribution in [2.45, 2.75) is 6.54 Å². The first-order valence-electron chi connectivity index (χ1n) is 5.94. The minimum Gasteiger partial charge on any atom is -0.507 e. The monoisotopic (exact) mass is 271 g/mol. The van der Waals surface area contributed by atoms with E-state index in [-0.39, 0.29) is 11.4 Å². The summed E-state index contributed by atoms with van der Waals surface area (Å²) in [5, 5.41) is 24.2. The lowest BCUT2D eigenvalue weighted by Gasteiger charge is -2.01. The van der Waals surface area contributed by atoms with Crippen LogP contribution < -0.4 is 5.43 Å². The number of hydrazone groups is 1. The Morgan fingerprint density at radius 3 is 2.70 bits per heavy atom. The van der Waals surface area contributed by atoms with Gasteiger partial charge in [-0.15, -0.1) is 0 Å². The Hall–Kier alpha value is -2.89. The molecule has 0 aliphatic rings. The van der Waals surface area contributed by atoms with E-state index in [4.69, 9.17) is 0 Å². The van der Waals surface area contributed by atoms with Gasteiger partial charge in [-0.25, -0.2) is 0 Å². The number of phenols is 1. The molecule has 0 aromatic heterocycles. The second-order valence-corrected chi connectivity index (χ2v) is 4.08. The van der Waals surface area contributed by atoms with E-state index in [9.17, 15) is 15.2 Å². The van der Waals surface area contributed by atoms with Gasteiger partial charge in [0.25, 0.3) is 5.69 Å². The Kier molecular flexibility index (Phi) is 4.28. The van der Waals surface area contributed by atoms with Crippen molar-refractivity contribution < 1.29 is 10.0 Å². The number of non-ortho nitro benzene ring substituents is 1. The number of aromatic hydroxyl groups is 1. The molecule has 2 aromatic carbocycles. The normalized spacial score (nSPS) is 10.6. The fourth-order valence-electron chi connectivity index (χ4n) is 1.61. The van der Waals surface area contributed by atoms with Gasteiger partial charge in [0, 0.05) is 17.7 Å². The smallest absolute Gasteiger partial charge is 0.270 e. The highest BCUT2D eigenvalue weighted by molar-refractivity contribution is 5.84. The molecule has 0 aliphatic carbocycles. The number of nitro benzene ring substituents is 1. The average Bonchev–Trinajstić information content (AvgIpc) is 2.46. The maximum atomic E-state index is 10.6. The summed E-state index contributed by atoms with van der Waals surface area (Å²) < 4.78 is 0. The molecular formula is C14H13N3O3. The van der Waals surface area contributed by atoms with Crippen molar-refractivity contribution >= 4 is 11.9 Å². The van der Waals surface area contributed by atoms with Crippen LogP contribution >= 0.6 is 0 Å². The number of hydrogen-bond donors (Lipinski definition) is 2. The van der Waals surface area contributed by atoms with Gasteiger partial charge in [-0.2, -0.15) is 5.10 Å². The van der Waals surface area contributed by atoms with E-state index >= 15 is 0 Å². The topological polar surface area (TPSA) is 87.8 Å². The third-order valence-electron chi connectivity index (χ3n) is 2.64. The van der Waals surface area contributed by atoms with Crippen LogP contribution in [0.1, 0.15) is 11.1 Å². The van der Waals surface area contributed by atoms with Gasteiger partial charge in [0.05, 0.1) is 17.7 Å². The summed E-state index contributed by atoms with van der Waals surface area (Å²) in [4.78, 5) is 10.1. The van der Waals surface area contributed by atoms with Gasteiger partial charge in [-0.05, 0) is 11.6 Å². The third kappa shape index (κ3) is 3.55. The number of hydrogen-bond acceptors (Lipinski definition) is 5. The molecule has 2 rings (SSSR count). The molecule has 0 unspecified atom stereocenters. The molecule has 0 aliphatic heterocycles. The predicted octanol–water partition coefficient (Wildman–Crippen LogP) is 2.42. The molecule has 0 bridgehead atoms. The highest BCUT2D eigenvalue weighted by Crippen LogP contribution is 2.21. The van der Waals surface area contributed by atoms with Crippen LogP contribution in [-0.2, 0) is 6.54 Å². The zero-order valence-corrected chi connectivity index (χ0v) is 10.6. The molecule has 6 heteroatoms. The van der Waals surface area contributed by atoms with Gasteiger partial charge in [0.1, 0.15) is 5.75 Å². The highest BCUT2D eigenvalue weighted by atomic mass is 16.6. The van der Waals surface area contributed by atoms with Crippen molar-refractivity contribution in [1.29, 1.82) is 0 Å². The van der Waals surface area contributed by atoms with E-state index in [1.165, 1.54) is 24.4 Å². The van der Waals surface area contributed by atoms with Crippen LogP contribution in [0.15, 0.2) is 53.6 Å². The maximum absolute atomic E-state index is 10.6. The van der Waals surface area contributed by atoms with Crippen molar-refractivity contribution in [2.75, 3.05) is 0 Å². The molecule has 0 saturated heterocycles. The first-order chi connectivity index (χ1) is 9.66. The molecular weight excluding hydrogens is 258 g/mol. The minimum atomic E-state index is -0.520. The zero-order chi connectivity index (χ0) is 14.4. The summed E-state index contributed by atoms with van der Waals surface area (Å²) in [6, 6.07) is 13.5. The molecule has 20 heavy (non-hydrogen) atoms. The van der Waals surface area contributed by atoms with Crippen molar-refractivity contribution in [3.63, 3.8) is 0 Å². The van der Waals surface area contributed by atoms with E-state index in [0.29, 0.717) is 12.1 Å². The lowest BCUT2D eigenvalue weighted by Crippen LogP contribution is -2.05. The van der Waals surface area contributed by atoms with Crippen LogP contribution in [0.5, 0.6) is 5.75 Å². The Morgan fingerprint density at radius 1 is 1.25 bits per heavy atom. The van der Waals surface area contributed by atoms with Crippen LogP contribution in [0, 0.1) is 10.1 Å². The summed E-state index contributed by atoms with van der Waals surface area (Å²) in [7, 11) is 0. The molecule has 6 nitrogen and oxygen atoms in total. The summed E-state index contributed by atoms with van der Waals surface area (Å²) in [6.45, 7) is 0.535. The first-order valence-corrected chi connectivity index (χ1v) is 5.94. The summed E-state index contributed by atoms with van der Waals surface area (Å²) in [5.41, 5.74) is 4.08. The molecule has 0 fully saturated rings. The summed E-state index contributed by atoms with van der Waals surface area (Å²) in [6.07, 6.45) is 1.35. The second-order valence-electron chi connectivity index (χ2n) is 4.08. The van der Waals surface area contributed by atoms with Crippen LogP contribution in [0.3, 0.4) is 0 Å². The van der Waals surface area contributed by atoms with Gasteiger partial charge >= 0.3 is 0 Å². The quantitative estimate of drug-likeness (QED) is 0.496. The molecule has 2 aromatic rings. The van der Waals surface area contributed by atoms with Gasteiger partial charge < -0.3 is 10.5 Å². The molecule has 0 spiro atoms. The Labute approximate surface area is 115 Å². The molecule has 0 saturated carbocycles. The lowest BCUT2D eigenvalue weighted by atomic mass is 10.2. The average molecular weight is 271 g/mol. The Bertz CT molecular complexity index is 627. The molecule has 0 radical (unpaired) electrons. The Balaban J connectivity index is 2.00. The van der Waals surface area contributed by atoms with E-state index in [2.05, 4.69) is 10.5 Å². The van der Waals surface area contributed by atoms with Crippen molar-refractivity contribution in [3.8, 4) is 5.75 Å². The van der Waals surface area contributed by atoms with E-state index < -0.39 is 4.92 Å². The number of nitro groups is 1. The van der Waals surface area contributed by atoms with Crippen molar-refractivity contribution in [3.05, 3.63) is 69.8 Å². The number of benzene rings is 2. The predicted molar refractivity (Wildman–Crippen MR) is 75.6 cm³/mol. The van der Waals surface area contributed by atoms with Crippen LogP contribution in [-0.4, -0.2) is 16.2 Å². The van der Waals surface area contributed by atoms with Gasteiger partial charge in [0.2, 0.25) is 0 Å². The van der Waals surface area contributed by atoms with Gasteiger partial charge in [-0.3, -0.25) is 10.1 Å². The first kappa shape index (κ1) is 13.5. The zero-order valence-electron chi connectivity index (χ0n) is 10.6. The number of rotatable bonds is 5. The molecule has 102 valence electrons. The van der Waals surface area contributed by atoms with E-state index in [1.54, 1.807) is 0 Å². The Morgan fingerprint density at radius 2 is 2.00 bits per heavy atom. The third-order valence-corrected chi connectivity index (χ3v) is 2.64. The van der Waals surface area contributed by atoms with Crippen LogP contribution in [0.2, 0.25) is 0 Å². The molecule has 0 heterocycles. The summed E-state index contributed by atoms with van der Waals surface area (Å²) in [5.74, 6) is -0.0548. The number of nitrogens with zero attached hydrogens (tertiary/aromatic N) is 2. The SMILES string of the molecule is O=[N+]([O-])c1ccc(O)c(C=NNCc2ccccc2)c1. The molecule has 0 amide bonds. The summed E-state index contributed by atoms with van der Waals surface area (Å²) >= 11 is 0. The van der Waals surface area contributed by atoms with E-state index in [0.717, 1.165) is 5.56 Å². The highest BCUT2D eigenvalue weighted by Gasteiger charge is 2.08. The fourth-order valence-corrected chi connectivity index (χ4v) is 1.61.